The van der Waals surface area contributed by atoms with Gasteiger partial charge < -0.3 is 10.7 Å². The molecule has 6 nitrogen and oxygen atoms in total. The van der Waals surface area contributed by atoms with Crippen molar-refractivity contribution in [1.82, 2.24) is 24.6 Å². The maximum atomic E-state index is 5.99. The second kappa shape index (κ2) is 4.47. The number of fused-ring (bicyclic) bond motifs is 3. The summed E-state index contributed by atoms with van der Waals surface area (Å²) in [5.74, 6) is 1.43. The highest BCUT2D eigenvalue weighted by molar-refractivity contribution is 5.85. The molecule has 100 valence electrons. The monoisotopic (exact) mass is 278 g/mol. The number of nitrogens with one attached hydrogen (secondary N) is 1. The minimum Gasteiger partial charge on any atom is -0.345 e. The molecule has 0 spiro atoms. The van der Waals surface area contributed by atoms with E-state index in [9.17, 15) is 0 Å². The van der Waals surface area contributed by atoms with Crippen molar-refractivity contribution in [2.24, 2.45) is 5.73 Å². The average molecular weight is 279 g/mol. The van der Waals surface area contributed by atoms with Crippen LogP contribution >= 0.6 is 12.4 Å². The molecule has 0 saturated heterocycles. The first kappa shape index (κ1) is 12.4. The predicted octanol–water partition coefficient (Wildman–Crippen LogP) is 1.62. The topological polar surface area (TPSA) is 84.9 Å². The van der Waals surface area contributed by atoms with E-state index in [0.717, 1.165) is 41.9 Å². The maximum Gasteiger partial charge on any atom is 0.179 e. The third-order valence-electron chi connectivity index (χ3n) is 3.81. The smallest absolute Gasteiger partial charge is 0.179 e. The molecule has 2 atom stereocenters. The van der Waals surface area contributed by atoms with Crippen LogP contribution in [0.25, 0.3) is 16.8 Å². The van der Waals surface area contributed by atoms with Crippen molar-refractivity contribution >= 4 is 29.2 Å². The van der Waals surface area contributed by atoms with E-state index in [0.29, 0.717) is 12.0 Å². The van der Waals surface area contributed by atoms with Gasteiger partial charge in [-0.1, -0.05) is 0 Å². The fraction of sp³-hybridized carbons (Fsp3) is 0.417. The van der Waals surface area contributed by atoms with E-state index < -0.39 is 0 Å². The molecule has 19 heavy (non-hydrogen) atoms. The van der Waals surface area contributed by atoms with E-state index in [2.05, 4.69) is 24.6 Å². The summed E-state index contributed by atoms with van der Waals surface area (Å²) in [5, 5.41) is 8.56. The lowest BCUT2D eigenvalue weighted by Crippen LogP contribution is -2.15. The van der Waals surface area contributed by atoms with Gasteiger partial charge in [0.2, 0.25) is 0 Å². The van der Waals surface area contributed by atoms with Crippen LogP contribution in [-0.4, -0.2) is 30.6 Å². The van der Waals surface area contributed by atoms with Crippen LogP contribution in [0.5, 0.6) is 0 Å². The summed E-state index contributed by atoms with van der Waals surface area (Å²) in [6, 6.07) is 2.31. The zero-order chi connectivity index (χ0) is 12.1. The molecule has 4 rings (SSSR count). The van der Waals surface area contributed by atoms with Gasteiger partial charge in [-0.25, -0.2) is 4.98 Å². The minimum atomic E-state index is 0. The van der Waals surface area contributed by atoms with Gasteiger partial charge in [-0.3, -0.25) is 4.40 Å². The molecule has 7 heteroatoms. The number of hydrogen-bond acceptors (Lipinski definition) is 4. The Morgan fingerprint density at radius 3 is 3.00 bits per heavy atom. The van der Waals surface area contributed by atoms with Crippen LogP contribution in [0.4, 0.5) is 0 Å². The fourth-order valence-corrected chi connectivity index (χ4v) is 2.91. The first-order chi connectivity index (χ1) is 8.83. The molecular weight excluding hydrogens is 264 g/mol. The molecular formula is C12H15ClN6. The minimum absolute atomic E-state index is 0. The zero-order valence-corrected chi connectivity index (χ0v) is 11.1. The molecule has 3 aromatic rings. The number of hydrogen-bond donors (Lipinski definition) is 2. The van der Waals surface area contributed by atoms with Crippen molar-refractivity contribution in [1.29, 1.82) is 0 Å². The van der Waals surface area contributed by atoms with Crippen molar-refractivity contribution in [2.75, 3.05) is 0 Å². The zero-order valence-electron chi connectivity index (χ0n) is 10.3. The largest absolute Gasteiger partial charge is 0.345 e. The van der Waals surface area contributed by atoms with Gasteiger partial charge in [0.1, 0.15) is 5.82 Å². The molecule has 0 aliphatic heterocycles. The number of halogens is 1. The summed E-state index contributed by atoms with van der Waals surface area (Å²) in [6.07, 6.45) is 6.80. The van der Waals surface area contributed by atoms with Crippen LogP contribution in [-0.2, 0) is 0 Å². The number of aromatic nitrogens is 5. The van der Waals surface area contributed by atoms with Gasteiger partial charge in [0, 0.05) is 18.2 Å². The molecule has 1 aliphatic carbocycles. The Balaban J connectivity index is 0.00000110. The van der Waals surface area contributed by atoms with Crippen LogP contribution < -0.4 is 5.73 Å². The quantitative estimate of drug-likeness (QED) is 0.708. The lowest BCUT2D eigenvalue weighted by molar-refractivity contribution is 0.639. The van der Waals surface area contributed by atoms with E-state index in [-0.39, 0.29) is 12.4 Å². The Morgan fingerprint density at radius 2 is 2.21 bits per heavy atom. The molecule has 0 radical (unpaired) electrons. The first-order valence-electron chi connectivity index (χ1n) is 6.25. The van der Waals surface area contributed by atoms with Gasteiger partial charge in [0.05, 0.1) is 11.7 Å². The fourth-order valence-electron chi connectivity index (χ4n) is 2.91. The van der Waals surface area contributed by atoms with E-state index in [1.165, 1.54) is 0 Å². The lowest BCUT2D eigenvalue weighted by Gasteiger charge is -2.07. The van der Waals surface area contributed by atoms with E-state index in [1.807, 2.05) is 12.3 Å². The molecule has 3 heterocycles. The Bertz CT molecular complexity index is 717. The summed E-state index contributed by atoms with van der Waals surface area (Å²) in [5.41, 5.74) is 8.70. The Hall–Kier alpha value is -1.66. The summed E-state index contributed by atoms with van der Waals surface area (Å²) in [7, 11) is 0. The highest BCUT2D eigenvalue weighted by Gasteiger charge is 2.27. The van der Waals surface area contributed by atoms with Gasteiger partial charge in [0.25, 0.3) is 0 Å². The Kier molecular flexibility index (Phi) is 2.91. The van der Waals surface area contributed by atoms with Crippen molar-refractivity contribution in [2.45, 2.75) is 31.2 Å². The Morgan fingerprint density at radius 1 is 1.32 bits per heavy atom. The van der Waals surface area contributed by atoms with Crippen LogP contribution in [0.15, 0.2) is 18.5 Å². The van der Waals surface area contributed by atoms with Crippen molar-refractivity contribution in [3.8, 4) is 0 Å². The number of nitrogens with two attached hydrogens (primary N) is 1. The molecule has 1 fully saturated rings. The van der Waals surface area contributed by atoms with Crippen molar-refractivity contribution in [3.63, 3.8) is 0 Å². The molecule has 0 unspecified atom stereocenters. The average Bonchev–Trinajstić information content (AvgIpc) is 3.03. The molecule has 3 aromatic heterocycles. The second-order valence-electron chi connectivity index (χ2n) is 4.99. The third-order valence-corrected chi connectivity index (χ3v) is 3.81. The van der Waals surface area contributed by atoms with E-state index in [4.69, 9.17) is 5.73 Å². The summed E-state index contributed by atoms with van der Waals surface area (Å²) in [4.78, 5) is 7.44. The van der Waals surface area contributed by atoms with E-state index in [1.54, 1.807) is 6.20 Å². The second-order valence-corrected chi connectivity index (χ2v) is 4.99. The van der Waals surface area contributed by atoms with E-state index >= 15 is 0 Å². The Labute approximate surface area is 115 Å². The van der Waals surface area contributed by atoms with Crippen molar-refractivity contribution < 1.29 is 0 Å². The maximum absolute atomic E-state index is 5.99. The highest BCUT2D eigenvalue weighted by Crippen LogP contribution is 2.33. The third kappa shape index (κ3) is 1.79. The summed E-state index contributed by atoms with van der Waals surface area (Å²) in [6.45, 7) is 0. The lowest BCUT2D eigenvalue weighted by atomic mass is 10.1. The normalized spacial score (nSPS) is 23.0. The summed E-state index contributed by atoms with van der Waals surface area (Å²) >= 11 is 0. The number of aromatic amines is 1. The highest BCUT2D eigenvalue weighted by atomic mass is 35.5. The first-order valence-corrected chi connectivity index (χ1v) is 6.25. The van der Waals surface area contributed by atoms with Crippen LogP contribution in [0.1, 0.15) is 31.0 Å². The van der Waals surface area contributed by atoms with Crippen LogP contribution in [0.2, 0.25) is 0 Å². The van der Waals surface area contributed by atoms with Gasteiger partial charge >= 0.3 is 0 Å². The number of nitrogens with zero attached hydrogens (tertiary/aromatic N) is 4. The molecule has 1 saturated carbocycles. The van der Waals surface area contributed by atoms with Gasteiger partial charge in [0.15, 0.2) is 11.3 Å². The standard InChI is InChI=1S/C12H14N6.ClH/c13-8-2-1-7(5-8)12-17-16-10-6-15-11-9(18(10)12)3-4-14-11;/h3-4,6-8,14H,1-2,5,13H2;1H/t7-,8+;/m0./s1. The van der Waals surface area contributed by atoms with Gasteiger partial charge in [-0.05, 0) is 25.3 Å². The SMILES string of the molecule is Cl.N[C@@H]1CC[C@H](c2nnc3cnc4[nH]ccc4n23)C1. The predicted molar refractivity (Wildman–Crippen MR) is 74.5 cm³/mol. The molecule has 1 aliphatic rings. The number of H-pyrrole nitrogens is 1. The van der Waals surface area contributed by atoms with Crippen LogP contribution in [0, 0.1) is 0 Å². The van der Waals surface area contributed by atoms with Gasteiger partial charge in [-0.15, -0.1) is 22.6 Å². The molecule has 0 aromatic carbocycles. The van der Waals surface area contributed by atoms with Crippen LogP contribution in [0.3, 0.4) is 0 Å². The molecule has 0 bridgehead atoms. The summed E-state index contributed by atoms with van der Waals surface area (Å²) < 4.78 is 2.10. The number of rotatable bonds is 1. The molecule has 3 N–H and O–H groups in total. The van der Waals surface area contributed by atoms with Gasteiger partial charge in [-0.2, -0.15) is 0 Å². The van der Waals surface area contributed by atoms with Crippen molar-refractivity contribution in [3.05, 3.63) is 24.3 Å². The molecule has 0 amide bonds.